The highest BCUT2D eigenvalue weighted by molar-refractivity contribution is 5.60. The van der Waals surface area contributed by atoms with E-state index in [9.17, 15) is 31.1 Å². The number of hydrogen-bond acceptors (Lipinski definition) is 2. The Balaban J connectivity index is 2.58. The molecule has 1 aromatic heterocycles. The molecule has 9 heteroatoms. The van der Waals surface area contributed by atoms with Gasteiger partial charge in [-0.2, -0.15) is 26.3 Å². The van der Waals surface area contributed by atoms with Crippen LogP contribution in [0.15, 0.2) is 35.1 Å². The second kappa shape index (κ2) is 4.90. The molecule has 0 radical (unpaired) electrons. The van der Waals surface area contributed by atoms with Crippen molar-refractivity contribution in [3.63, 3.8) is 0 Å². The zero-order valence-corrected chi connectivity index (χ0v) is 10.0. The summed E-state index contributed by atoms with van der Waals surface area (Å²) in [6.07, 6.45) is -9.55. The molecule has 0 bridgehead atoms. The Hall–Kier alpha value is -2.32. The van der Waals surface area contributed by atoms with Crippen LogP contribution < -0.4 is 5.56 Å². The molecule has 1 aromatic carbocycles. The lowest BCUT2D eigenvalue weighted by molar-refractivity contribution is -0.145. The third-order valence-electron chi connectivity index (χ3n) is 2.50. The molecule has 0 saturated heterocycles. The van der Waals surface area contributed by atoms with Gasteiger partial charge in [-0.3, -0.25) is 4.79 Å². The maximum absolute atomic E-state index is 12.6. The Morgan fingerprint density at radius 1 is 0.952 bits per heavy atom. The molecule has 0 fully saturated rings. The summed E-state index contributed by atoms with van der Waals surface area (Å²) in [5.74, 6) is -1.57. The second-order valence-electron chi connectivity index (χ2n) is 4.06. The van der Waals surface area contributed by atoms with Crippen LogP contribution >= 0.6 is 0 Å². The average molecular weight is 308 g/mol. The summed E-state index contributed by atoms with van der Waals surface area (Å²) in [4.78, 5) is 15.8. The first-order valence-electron chi connectivity index (χ1n) is 5.43. The highest BCUT2D eigenvalue weighted by atomic mass is 19.4. The summed E-state index contributed by atoms with van der Waals surface area (Å²) < 4.78 is 75.2. The molecule has 0 aliphatic carbocycles. The van der Waals surface area contributed by atoms with Crippen molar-refractivity contribution in [2.45, 2.75) is 12.4 Å². The van der Waals surface area contributed by atoms with E-state index in [4.69, 9.17) is 0 Å². The Kier molecular flexibility index (Phi) is 3.52. The molecular weight excluding hydrogens is 302 g/mol. The smallest absolute Gasteiger partial charge is 0.303 e. The third-order valence-corrected chi connectivity index (χ3v) is 2.50. The third kappa shape index (κ3) is 3.41. The van der Waals surface area contributed by atoms with E-state index < -0.39 is 35.0 Å². The van der Waals surface area contributed by atoms with Crippen molar-refractivity contribution in [1.29, 1.82) is 0 Å². The highest BCUT2D eigenvalue weighted by Crippen LogP contribution is 2.32. The van der Waals surface area contributed by atoms with E-state index >= 15 is 0 Å². The zero-order chi connectivity index (χ0) is 15.8. The maximum atomic E-state index is 12.6. The van der Waals surface area contributed by atoms with Crippen LogP contribution in [0.5, 0.6) is 0 Å². The van der Waals surface area contributed by atoms with E-state index in [1.807, 2.05) is 0 Å². The van der Waals surface area contributed by atoms with Crippen LogP contribution in [0.2, 0.25) is 0 Å². The minimum Gasteiger partial charge on any atom is -0.303 e. The van der Waals surface area contributed by atoms with Gasteiger partial charge in [0.15, 0.2) is 0 Å². The summed E-state index contributed by atoms with van der Waals surface area (Å²) in [5.41, 5.74) is -2.88. The predicted molar refractivity (Wildman–Crippen MR) is 60.3 cm³/mol. The average Bonchev–Trinajstić information content (AvgIpc) is 2.36. The van der Waals surface area contributed by atoms with Gasteiger partial charge in [0.25, 0.3) is 5.56 Å². The van der Waals surface area contributed by atoms with Crippen LogP contribution in [0, 0.1) is 0 Å². The van der Waals surface area contributed by atoms with Gasteiger partial charge in [-0.25, -0.2) is 4.98 Å². The summed E-state index contributed by atoms with van der Waals surface area (Å²) >= 11 is 0. The molecule has 0 aliphatic heterocycles. The number of benzene rings is 1. The minimum absolute atomic E-state index is 0.235. The molecule has 1 N–H and O–H groups in total. The summed E-state index contributed by atoms with van der Waals surface area (Å²) in [5, 5.41) is 0. The predicted octanol–water partition coefficient (Wildman–Crippen LogP) is 3.47. The van der Waals surface area contributed by atoms with Crippen molar-refractivity contribution < 1.29 is 26.3 Å². The van der Waals surface area contributed by atoms with Crippen molar-refractivity contribution in [3.8, 4) is 11.3 Å². The molecule has 3 nitrogen and oxygen atoms in total. The highest BCUT2D eigenvalue weighted by Gasteiger charge is 2.35. The van der Waals surface area contributed by atoms with Gasteiger partial charge in [0.05, 0.1) is 11.3 Å². The standard InChI is InChI=1S/C12H6F6N2O/c13-11(14,15)7-3-1-2-6(4-7)8-5-9(21)20-10(19-8)12(16,17)18/h1-5H,(H,19,20,21). The van der Waals surface area contributed by atoms with Gasteiger partial charge in [0.1, 0.15) is 0 Å². The fourth-order valence-electron chi connectivity index (χ4n) is 1.59. The zero-order valence-electron chi connectivity index (χ0n) is 10.0. The van der Waals surface area contributed by atoms with Crippen molar-refractivity contribution in [2.24, 2.45) is 0 Å². The van der Waals surface area contributed by atoms with Crippen molar-refractivity contribution in [2.75, 3.05) is 0 Å². The van der Waals surface area contributed by atoms with E-state index in [-0.39, 0.29) is 5.56 Å². The molecule has 21 heavy (non-hydrogen) atoms. The maximum Gasteiger partial charge on any atom is 0.449 e. The monoisotopic (exact) mass is 308 g/mol. The largest absolute Gasteiger partial charge is 0.449 e. The van der Waals surface area contributed by atoms with Crippen LogP contribution in [0.25, 0.3) is 11.3 Å². The van der Waals surface area contributed by atoms with Gasteiger partial charge in [-0.15, -0.1) is 0 Å². The Bertz CT molecular complexity index is 717. The Morgan fingerprint density at radius 2 is 1.62 bits per heavy atom. The number of aromatic amines is 1. The second-order valence-corrected chi connectivity index (χ2v) is 4.06. The van der Waals surface area contributed by atoms with E-state index in [1.165, 1.54) is 4.98 Å². The number of rotatable bonds is 1. The van der Waals surface area contributed by atoms with Gasteiger partial charge < -0.3 is 4.98 Å². The van der Waals surface area contributed by atoms with E-state index in [0.29, 0.717) is 12.1 Å². The van der Waals surface area contributed by atoms with Crippen molar-refractivity contribution >= 4 is 0 Å². The topological polar surface area (TPSA) is 45.8 Å². The van der Waals surface area contributed by atoms with E-state index in [1.54, 1.807) is 0 Å². The molecule has 0 aliphatic rings. The lowest BCUT2D eigenvalue weighted by Gasteiger charge is -2.10. The molecule has 0 atom stereocenters. The number of halogens is 6. The van der Waals surface area contributed by atoms with Gasteiger partial charge in [-0.05, 0) is 12.1 Å². The van der Waals surface area contributed by atoms with E-state index in [0.717, 1.165) is 18.2 Å². The quantitative estimate of drug-likeness (QED) is 0.820. The van der Waals surface area contributed by atoms with Crippen LogP contribution in [0.3, 0.4) is 0 Å². The molecule has 0 spiro atoms. The first-order chi connectivity index (χ1) is 9.57. The van der Waals surface area contributed by atoms with Crippen LogP contribution in [0.1, 0.15) is 11.4 Å². The summed E-state index contributed by atoms with van der Waals surface area (Å²) in [6.45, 7) is 0. The van der Waals surface area contributed by atoms with Gasteiger partial charge in [0, 0.05) is 11.6 Å². The van der Waals surface area contributed by atoms with Crippen molar-refractivity contribution in [1.82, 2.24) is 9.97 Å². The van der Waals surface area contributed by atoms with Gasteiger partial charge in [-0.1, -0.05) is 12.1 Å². The number of nitrogens with one attached hydrogen (secondary N) is 1. The van der Waals surface area contributed by atoms with E-state index in [2.05, 4.69) is 4.98 Å². The number of H-pyrrole nitrogens is 1. The first kappa shape index (κ1) is 15.1. The van der Waals surface area contributed by atoms with Crippen LogP contribution in [-0.2, 0) is 12.4 Å². The normalized spacial score (nSPS) is 12.5. The van der Waals surface area contributed by atoms with Gasteiger partial charge >= 0.3 is 12.4 Å². The number of hydrogen-bond donors (Lipinski definition) is 1. The number of aromatic nitrogens is 2. The molecule has 1 heterocycles. The lowest BCUT2D eigenvalue weighted by atomic mass is 10.1. The first-order valence-corrected chi connectivity index (χ1v) is 5.43. The minimum atomic E-state index is -4.91. The lowest BCUT2D eigenvalue weighted by Crippen LogP contribution is -2.18. The molecule has 112 valence electrons. The van der Waals surface area contributed by atoms with Crippen molar-refractivity contribution in [3.05, 3.63) is 52.1 Å². The number of nitrogens with zero attached hydrogens (tertiary/aromatic N) is 1. The fourth-order valence-corrected chi connectivity index (χ4v) is 1.59. The molecular formula is C12H6F6N2O. The molecule has 0 saturated carbocycles. The van der Waals surface area contributed by atoms with Crippen LogP contribution in [-0.4, -0.2) is 9.97 Å². The Labute approximate surface area is 113 Å². The number of alkyl halides is 6. The Morgan fingerprint density at radius 3 is 2.19 bits per heavy atom. The fraction of sp³-hybridized carbons (Fsp3) is 0.167. The summed E-state index contributed by atoms with van der Waals surface area (Å²) in [7, 11) is 0. The molecule has 2 aromatic rings. The SMILES string of the molecule is O=c1cc(-c2cccc(C(F)(F)F)c2)nc(C(F)(F)F)[nH]1. The molecule has 0 amide bonds. The van der Waals surface area contributed by atoms with Crippen LogP contribution in [0.4, 0.5) is 26.3 Å². The summed E-state index contributed by atoms with van der Waals surface area (Å²) in [6, 6.07) is 4.25. The van der Waals surface area contributed by atoms with Gasteiger partial charge in [0.2, 0.25) is 5.82 Å². The molecule has 2 rings (SSSR count). The molecule has 0 unspecified atom stereocenters.